The molecule has 0 saturated carbocycles. The SMILES string of the molecule is Cc1cnc(CNCCOCCO)o1. The highest BCUT2D eigenvalue weighted by atomic mass is 16.5. The number of rotatable bonds is 7. The molecule has 0 unspecified atom stereocenters. The van der Waals surface area contributed by atoms with Crippen LogP contribution in [0.1, 0.15) is 11.7 Å². The van der Waals surface area contributed by atoms with Crippen LogP contribution >= 0.6 is 0 Å². The second-order valence-corrected chi connectivity index (χ2v) is 2.88. The van der Waals surface area contributed by atoms with Gasteiger partial charge in [-0.05, 0) is 6.92 Å². The Hall–Kier alpha value is -0.910. The second-order valence-electron chi connectivity index (χ2n) is 2.88. The Balaban J connectivity index is 1.99. The van der Waals surface area contributed by atoms with Gasteiger partial charge in [-0.25, -0.2) is 4.98 Å². The first-order chi connectivity index (χ1) is 6.83. The van der Waals surface area contributed by atoms with Crippen molar-refractivity contribution in [3.05, 3.63) is 17.8 Å². The number of hydrogen-bond acceptors (Lipinski definition) is 5. The van der Waals surface area contributed by atoms with Gasteiger partial charge in [-0.3, -0.25) is 0 Å². The van der Waals surface area contributed by atoms with Crippen molar-refractivity contribution in [1.82, 2.24) is 10.3 Å². The molecule has 5 heteroatoms. The molecule has 0 radical (unpaired) electrons. The van der Waals surface area contributed by atoms with E-state index in [4.69, 9.17) is 14.3 Å². The van der Waals surface area contributed by atoms with Gasteiger partial charge in [0, 0.05) is 6.54 Å². The molecule has 0 fully saturated rings. The maximum Gasteiger partial charge on any atom is 0.208 e. The highest BCUT2D eigenvalue weighted by Gasteiger charge is 1.98. The third-order valence-corrected chi connectivity index (χ3v) is 1.60. The lowest BCUT2D eigenvalue weighted by atomic mass is 10.6. The molecule has 1 aromatic rings. The predicted octanol–water partition coefficient (Wildman–Crippen LogP) is 0.0815. The van der Waals surface area contributed by atoms with Crippen molar-refractivity contribution in [3.63, 3.8) is 0 Å². The summed E-state index contributed by atoms with van der Waals surface area (Å²) in [5, 5.41) is 11.5. The third kappa shape index (κ3) is 4.36. The fourth-order valence-corrected chi connectivity index (χ4v) is 0.989. The van der Waals surface area contributed by atoms with Crippen molar-refractivity contribution >= 4 is 0 Å². The highest BCUT2D eigenvalue weighted by Crippen LogP contribution is 1.99. The summed E-state index contributed by atoms with van der Waals surface area (Å²) in [6.07, 6.45) is 1.69. The van der Waals surface area contributed by atoms with Crippen molar-refractivity contribution in [2.75, 3.05) is 26.4 Å². The van der Waals surface area contributed by atoms with Crippen molar-refractivity contribution in [2.24, 2.45) is 0 Å². The molecule has 14 heavy (non-hydrogen) atoms. The molecular formula is C9H16N2O3. The third-order valence-electron chi connectivity index (χ3n) is 1.60. The van der Waals surface area contributed by atoms with Crippen LogP contribution in [0.3, 0.4) is 0 Å². The lowest BCUT2D eigenvalue weighted by Crippen LogP contribution is -2.20. The Morgan fingerprint density at radius 2 is 2.43 bits per heavy atom. The molecule has 0 aliphatic heterocycles. The van der Waals surface area contributed by atoms with Gasteiger partial charge in [-0.15, -0.1) is 0 Å². The van der Waals surface area contributed by atoms with Gasteiger partial charge < -0.3 is 19.6 Å². The zero-order valence-electron chi connectivity index (χ0n) is 8.32. The molecule has 0 aliphatic rings. The van der Waals surface area contributed by atoms with Crippen LogP contribution < -0.4 is 5.32 Å². The smallest absolute Gasteiger partial charge is 0.208 e. The Bertz CT molecular complexity index is 250. The van der Waals surface area contributed by atoms with E-state index in [9.17, 15) is 0 Å². The van der Waals surface area contributed by atoms with E-state index >= 15 is 0 Å². The molecule has 1 rings (SSSR count). The fourth-order valence-electron chi connectivity index (χ4n) is 0.989. The van der Waals surface area contributed by atoms with E-state index in [-0.39, 0.29) is 6.61 Å². The molecule has 0 atom stereocenters. The van der Waals surface area contributed by atoms with E-state index in [1.54, 1.807) is 6.20 Å². The highest BCUT2D eigenvalue weighted by molar-refractivity contribution is 4.90. The summed E-state index contributed by atoms with van der Waals surface area (Å²) in [5.74, 6) is 1.50. The lowest BCUT2D eigenvalue weighted by Gasteiger charge is -2.02. The lowest BCUT2D eigenvalue weighted by molar-refractivity contribution is 0.0935. The number of oxazole rings is 1. The van der Waals surface area contributed by atoms with Gasteiger partial charge in [0.15, 0.2) is 0 Å². The Morgan fingerprint density at radius 3 is 3.07 bits per heavy atom. The van der Waals surface area contributed by atoms with Crippen LogP contribution in [0.2, 0.25) is 0 Å². The number of ether oxygens (including phenoxy) is 1. The number of hydrogen-bond donors (Lipinski definition) is 2. The first-order valence-electron chi connectivity index (χ1n) is 4.63. The zero-order chi connectivity index (χ0) is 10.2. The van der Waals surface area contributed by atoms with Gasteiger partial charge in [-0.2, -0.15) is 0 Å². The van der Waals surface area contributed by atoms with Crippen LogP contribution in [-0.4, -0.2) is 36.5 Å². The average molecular weight is 200 g/mol. The van der Waals surface area contributed by atoms with Gasteiger partial charge in [0.25, 0.3) is 0 Å². The molecule has 0 saturated heterocycles. The van der Waals surface area contributed by atoms with Gasteiger partial charge in [0.2, 0.25) is 5.89 Å². The quantitative estimate of drug-likeness (QED) is 0.610. The number of aliphatic hydroxyl groups excluding tert-OH is 1. The maximum absolute atomic E-state index is 8.43. The van der Waals surface area contributed by atoms with Crippen LogP contribution in [0.15, 0.2) is 10.6 Å². The molecule has 0 aliphatic carbocycles. The van der Waals surface area contributed by atoms with Gasteiger partial charge in [0.1, 0.15) is 5.76 Å². The van der Waals surface area contributed by atoms with E-state index in [0.717, 1.165) is 12.3 Å². The van der Waals surface area contributed by atoms with E-state index in [1.807, 2.05) is 6.92 Å². The van der Waals surface area contributed by atoms with E-state index in [0.29, 0.717) is 25.6 Å². The van der Waals surface area contributed by atoms with Crippen molar-refractivity contribution in [1.29, 1.82) is 0 Å². The Kier molecular flexibility index (Phi) is 5.21. The number of nitrogens with one attached hydrogen (secondary N) is 1. The molecule has 80 valence electrons. The van der Waals surface area contributed by atoms with Gasteiger partial charge >= 0.3 is 0 Å². The maximum atomic E-state index is 8.43. The van der Waals surface area contributed by atoms with E-state index < -0.39 is 0 Å². The zero-order valence-corrected chi connectivity index (χ0v) is 8.32. The van der Waals surface area contributed by atoms with Crippen molar-refractivity contribution in [2.45, 2.75) is 13.5 Å². The summed E-state index contributed by atoms with van der Waals surface area (Å²) >= 11 is 0. The summed E-state index contributed by atoms with van der Waals surface area (Å²) in [6.45, 7) is 4.23. The summed E-state index contributed by atoms with van der Waals surface area (Å²) in [6, 6.07) is 0. The molecule has 0 aromatic carbocycles. The summed E-state index contributed by atoms with van der Waals surface area (Å²) < 4.78 is 10.3. The van der Waals surface area contributed by atoms with Crippen molar-refractivity contribution < 1.29 is 14.3 Å². The van der Waals surface area contributed by atoms with E-state index in [2.05, 4.69) is 10.3 Å². The number of nitrogens with zero attached hydrogens (tertiary/aromatic N) is 1. The minimum atomic E-state index is 0.0684. The molecular weight excluding hydrogens is 184 g/mol. The van der Waals surface area contributed by atoms with Crippen LogP contribution in [0, 0.1) is 6.92 Å². The van der Waals surface area contributed by atoms with E-state index in [1.165, 1.54) is 0 Å². The molecule has 1 heterocycles. The largest absolute Gasteiger partial charge is 0.445 e. The monoisotopic (exact) mass is 200 g/mol. The molecule has 1 aromatic heterocycles. The topological polar surface area (TPSA) is 67.5 Å². The standard InChI is InChI=1S/C9H16N2O3/c1-8-6-11-9(14-8)7-10-2-4-13-5-3-12/h6,10,12H,2-5,7H2,1H3. The summed E-state index contributed by atoms with van der Waals surface area (Å²) in [7, 11) is 0. The second kappa shape index (κ2) is 6.53. The number of aliphatic hydroxyl groups is 1. The summed E-state index contributed by atoms with van der Waals surface area (Å²) in [4.78, 5) is 4.04. The first kappa shape index (κ1) is 11.2. The van der Waals surface area contributed by atoms with Gasteiger partial charge in [0.05, 0.1) is 32.6 Å². The Labute approximate surface area is 83.1 Å². The molecule has 0 spiro atoms. The Morgan fingerprint density at radius 1 is 1.57 bits per heavy atom. The minimum Gasteiger partial charge on any atom is -0.445 e. The average Bonchev–Trinajstić information content (AvgIpc) is 2.58. The molecule has 5 nitrogen and oxygen atoms in total. The van der Waals surface area contributed by atoms with Crippen LogP contribution in [-0.2, 0) is 11.3 Å². The predicted molar refractivity (Wildman–Crippen MR) is 50.9 cm³/mol. The molecule has 2 N–H and O–H groups in total. The molecule has 0 amide bonds. The van der Waals surface area contributed by atoms with Crippen molar-refractivity contribution in [3.8, 4) is 0 Å². The van der Waals surface area contributed by atoms with Gasteiger partial charge in [-0.1, -0.05) is 0 Å². The number of aryl methyl sites for hydroxylation is 1. The first-order valence-corrected chi connectivity index (χ1v) is 4.63. The molecule has 0 bridgehead atoms. The summed E-state index contributed by atoms with van der Waals surface area (Å²) in [5.41, 5.74) is 0. The normalized spacial score (nSPS) is 10.7. The fraction of sp³-hybridized carbons (Fsp3) is 0.667. The van der Waals surface area contributed by atoms with Crippen LogP contribution in [0.4, 0.5) is 0 Å². The minimum absolute atomic E-state index is 0.0684. The van der Waals surface area contributed by atoms with Crippen LogP contribution in [0.5, 0.6) is 0 Å². The van der Waals surface area contributed by atoms with Crippen LogP contribution in [0.25, 0.3) is 0 Å². The number of aromatic nitrogens is 1.